The van der Waals surface area contributed by atoms with E-state index >= 15 is 0 Å². The van der Waals surface area contributed by atoms with Crippen molar-refractivity contribution in [1.82, 2.24) is 4.98 Å². The molecule has 1 aliphatic heterocycles. The molecule has 11 heteroatoms. The maximum atomic E-state index is 14.0. The van der Waals surface area contributed by atoms with Crippen molar-refractivity contribution in [3.8, 4) is 5.75 Å². The highest BCUT2D eigenvalue weighted by atomic mass is 19.4. The van der Waals surface area contributed by atoms with Crippen LogP contribution in [0.15, 0.2) is 42.4 Å². The minimum atomic E-state index is -4.82. The first kappa shape index (κ1) is 22.1. The lowest BCUT2D eigenvalue weighted by Gasteiger charge is -2.21. The molecule has 1 amide bonds. The molecule has 31 heavy (non-hydrogen) atoms. The summed E-state index contributed by atoms with van der Waals surface area (Å²) in [7, 11) is 0. The van der Waals surface area contributed by atoms with Gasteiger partial charge in [0.05, 0.1) is 17.5 Å². The number of aromatic nitrogens is 1. The van der Waals surface area contributed by atoms with Crippen LogP contribution < -0.4 is 20.7 Å². The number of rotatable bonds is 6. The quantitative estimate of drug-likeness (QED) is 0.467. The Bertz CT molecular complexity index is 1000. The summed E-state index contributed by atoms with van der Waals surface area (Å²) in [4.78, 5) is 18.8. The zero-order chi connectivity index (χ0) is 22.6. The third kappa shape index (κ3) is 5.50. The van der Waals surface area contributed by atoms with Crippen molar-refractivity contribution in [3.63, 3.8) is 0 Å². The van der Waals surface area contributed by atoms with Crippen molar-refractivity contribution in [2.45, 2.75) is 19.2 Å². The highest BCUT2D eigenvalue weighted by Gasteiger charge is 2.31. The summed E-state index contributed by atoms with van der Waals surface area (Å²) in [5.41, 5.74) is 6.01. The lowest BCUT2D eigenvalue weighted by atomic mass is 10.1. The van der Waals surface area contributed by atoms with Crippen molar-refractivity contribution in [2.24, 2.45) is 5.73 Å². The SMILES string of the molecule is N=C/C(F)=C(\N)c1cc(C(=O)Nc2ccc(OC(F)(F)F)cc2)cnc1N1CCCC1. The van der Waals surface area contributed by atoms with E-state index in [1.807, 2.05) is 4.90 Å². The number of halogens is 4. The minimum Gasteiger partial charge on any atom is -0.406 e. The minimum absolute atomic E-state index is 0.0642. The van der Waals surface area contributed by atoms with Crippen LogP contribution in [0.1, 0.15) is 28.8 Å². The van der Waals surface area contributed by atoms with Gasteiger partial charge >= 0.3 is 6.36 Å². The van der Waals surface area contributed by atoms with Gasteiger partial charge in [-0.15, -0.1) is 13.2 Å². The summed E-state index contributed by atoms with van der Waals surface area (Å²) in [5.74, 6) is -1.59. The van der Waals surface area contributed by atoms with Gasteiger partial charge in [0.2, 0.25) is 0 Å². The number of nitrogens with two attached hydrogens (primary N) is 1. The van der Waals surface area contributed by atoms with Crippen LogP contribution >= 0.6 is 0 Å². The standard InChI is InChI=1S/C20H19F4N5O2/c21-16(10-25)17(26)15-9-12(11-27-18(15)29-7-1-2-8-29)19(30)28-13-3-5-14(6-4-13)31-20(22,23)24/h3-6,9-11,25H,1-2,7-8,26H2,(H,28,30)/b17-16+,25-10?. The maximum absolute atomic E-state index is 14.0. The monoisotopic (exact) mass is 437 g/mol. The molecule has 164 valence electrons. The molecule has 1 aliphatic rings. The van der Waals surface area contributed by atoms with Crippen molar-refractivity contribution < 1.29 is 27.1 Å². The van der Waals surface area contributed by atoms with E-state index in [9.17, 15) is 22.4 Å². The number of benzene rings is 1. The first-order chi connectivity index (χ1) is 14.7. The fourth-order valence-corrected chi connectivity index (χ4v) is 3.11. The zero-order valence-electron chi connectivity index (χ0n) is 16.2. The van der Waals surface area contributed by atoms with Crippen LogP contribution in [0.4, 0.5) is 29.1 Å². The second-order valence-corrected chi connectivity index (χ2v) is 6.72. The number of alkyl halides is 3. The summed E-state index contributed by atoms with van der Waals surface area (Å²) in [5, 5.41) is 9.62. The molecule has 7 nitrogen and oxygen atoms in total. The van der Waals surface area contributed by atoms with Gasteiger partial charge in [-0.1, -0.05) is 0 Å². The van der Waals surface area contributed by atoms with Gasteiger partial charge < -0.3 is 26.1 Å². The molecule has 2 heterocycles. The van der Waals surface area contributed by atoms with E-state index in [0.717, 1.165) is 25.0 Å². The second kappa shape index (κ2) is 9.02. The molecular weight excluding hydrogens is 418 g/mol. The van der Waals surface area contributed by atoms with Crippen molar-refractivity contribution in [2.75, 3.05) is 23.3 Å². The fourth-order valence-electron chi connectivity index (χ4n) is 3.11. The largest absolute Gasteiger partial charge is 0.573 e. The number of nitrogens with one attached hydrogen (secondary N) is 2. The van der Waals surface area contributed by atoms with E-state index < -0.39 is 23.8 Å². The normalized spacial score (nSPS) is 14.8. The second-order valence-electron chi connectivity index (χ2n) is 6.72. The summed E-state index contributed by atoms with van der Waals surface area (Å²) < 4.78 is 54.5. The van der Waals surface area contributed by atoms with Gasteiger partial charge in [-0.2, -0.15) is 0 Å². The molecule has 1 saturated heterocycles. The van der Waals surface area contributed by atoms with E-state index in [2.05, 4.69) is 15.0 Å². The first-order valence-electron chi connectivity index (χ1n) is 9.26. The third-order valence-corrected chi connectivity index (χ3v) is 4.55. The number of hydrogen-bond acceptors (Lipinski definition) is 6. The maximum Gasteiger partial charge on any atom is 0.573 e. The van der Waals surface area contributed by atoms with E-state index in [0.29, 0.717) is 25.1 Å². The number of anilines is 2. The van der Waals surface area contributed by atoms with E-state index in [1.54, 1.807) is 0 Å². The molecule has 0 radical (unpaired) electrons. The molecule has 0 atom stereocenters. The Hall–Kier alpha value is -3.63. The Morgan fingerprint density at radius 2 is 1.87 bits per heavy atom. The van der Waals surface area contributed by atoms with Crippen LogP contribution in [0, 0.1) is 5.41 Å². The molecule has 0 saturated carbocycles. The van der Waals surface area contributed by atoms with Crippen LogP contribution in [0.5, 0.6) is 5.75 Å². The average Bonchev–Trinajstić information content (AvgIpc) is 3.27. The molecule has 2 aromatic rings. The Balaban J connectivity index is 1.85. The number of hydrogen-bond donors (Lipinski definition) is 3. The van der Waals surface area contributed by atoms with Gasteiger partial charge in [0.25, 0.3) is 5.91 Å². The Labute approximate surface area is 175 Å². The molecule has 4 N–H and O–H groups in total. The summed E-state index contributed by atoms with van der Waals surface area (Å²) in [6, 6.07) is 5.98. The Morgan fingerprint density at radius 1 is 1.23 bits per heavy atom. The predicted molar refractivity (Wildman–Crippen MR) is 108 cm³/mol. The van der Waals surface area contributed by atoms with Gasteiger partial charge in [-0.3, -0.25) is 4.79 Å². The Kier molecular flexibility index (Phi) is 6.42. The summed E-state index contributed by atoms with van der Waals surface area (Å²) >= 11 is 0. The topological polar surface area (TPSA) is 104 Å². The highest BCUT2D eigenvalue weighted by Crippen LogP contribution is 2.29. The van der Waals surface area contributed by atoms with Crippen LogP contribution in [0.2, 0.25) is 0 Å². The number of carbonyl (C=O) groups is 1. The van der Waals surface area contributed by atoms with Gasteiger partial charge in [0.15, 0.2) is 5.83 Å². The molecular formula is C20H19F4N5O2. The van der Waals surface area contributed by atoms with Gasteiger partial charge in [-0.05, 0) is 43.2 Å². The van der Waals surface area contributed by atoms with Crippen molar-refractivity contribution in [3.05, 3.63) is 53.5 Å². The van der Waals surface area contributed by atoms with Crippen LogP contribution in [0.25, 0.3) is 5.70 Å². The van der Waals surface area contributed by atoms with Crippen molar-refractivity contribution >= 4 is 29.3 Å². The summed E-state index contributed by atoms with van der Waals surface area (Å²) in [6.07, 6.45) is -1.16. The molecule has 1 aromatic heterocycles. The van der Waals surface area contributed by atoms with Gasteiger partial charge in [0.1, 0.15) is 11.6 Å². The van der Waals surface area contributed by atoms with Crippen molar-refractivity contribution in [1.29, 1.82) is 5.41 Å². The molecule has 0 bridgehead atoms. The predicted octanol–water partition coefficient (Wildman–Crippen LogP) is 4.08. The zero-order valence-corrected chi connectivity index (χ0v) is 16.2. The summed E-state index contributed by atoms with van der Waals surface area (Å²) in [6.45, 7) is 1.41. The number of amides is 1. The van der Waals surface area contributed by atoms with E-state index in [-0.39, 0.29) is 22.5 Å². The van der Waals surface area contributed by atoms with Crippen LogP contribution in [-0.2, 0) is 0 Å². The number of nitrogens with zero attached hydrogens (tertiary/aromatic N) is 2. The molecule has 3 rings (SSSR count). The third-order valence-electron chi connectivity index (χ3n) is 4.55. The molecule has 0 spiro atoms. The lowest BCUT2D eigenvalue weighted by Crippen LogP contribution is -2.23. The average molecular weight is 437 g/mol. The van der Waals surface area contributed by atoms with Crippen LogP contribution in [-0.4, -0.2) is 36.6 Å². The van der Waals surface area contributed by atoms with Gasteiger partial charge in [0, 0.05) is 30.5 Å². The first-order valence-corrected chi connectivity index (χ1v) is 9.26. The fraction of sp³-hybridized carbons (Fsp3) is 0.250. The van der Waals surface area contributed by atoms with E-state index in [4.69, 9.17) is 11.1 Å². The van der Waals surface area contributed by atoms with Gasteiger partial charge in [-0.25, -0.2) is 9.37 Å². The molecule has 1 fully saturated rings. The number of ether oxygens (including phenoxy) is 1. The highest BCUT2D eigenvalue weighted by molar-refractivity contribution is 6.05. The molecule has 1 aromatic carbocycles. The number of pyridine rings is 1. The number of carbonyl (C=O) groups excluding carboxylic acids is 1. The molecule has 0 unspecified atom stereocenters. The molecule has 0 aliphatic carbocycles. The van der Waals surface area contributed by atoms with Crippen LogP contribution in [0.3, 0.4) is 0 Å². The van der Waals surface area contributed by atoms with E-state index in [1.165, 1.54) is 24.4 Å². The lowest BCUT2D eigenvalue weighted by molar-refractivity contribution is -0.274. The Morgan fingerprint density at radius 3 is 2.45 bits per heavy atom. The number of allylic oxidation sites excluding steroid dienone is 1. The smallest absolute Gasteiger partial charge is 0.406 e.